The molecule has 0 unspecified atom stereocenters. The Kier molecular flexibility index (Phi) is 3.94. The van der Waals surface area contributed by atoms with Crippen LogP contribution in [-0.4, -0.2) is 21.2 Å². The highest BCUT2D eigenvalue weighted by atomic mass is 16.5. The summed E-state index contributed by atoms with van der Waals surface area (Å²) in [5.74, 6) is 0.554. The van der Waals surface area contributed by atoms with E-state index in [0.29, 0.717) is 24.3 Å². The van der Waals surface area contributed by atoms with E-state index in [1.165, 1.54) is 0 Å². The predicted molar refractivity (Wildman–Crippen MR) is 107 cm³/mol. The van der Waals surface area contributed by atoms with E-state index < -0.39 is 0 Å². The van der Waals surface area contributed by atoms with Crippen molar-refractivity contribution in [3.05, 3.63) is 82.2 Å². The molecule has 5 rings (SSSR count). The van der Waals surface area contributed by atoms with Crippen molar-refractivity contribution in [2.24, 2.45) is 0 Å². The first kappa shape index (κ1) is 17.6. The molecule has 2 aliphatic rings. The van der Waals surface area contributed by atoms with Crippen LogP contribution in [0.1, 0.15) is 47.1 Å². The zero-order valence-corrected chi connectivity index (χ0v) is 15.8. The van der Waals surface area contributed by atoms with E-state index in [1.807, 2.05) is 31.2 Å². The molecule has 0 fully saturated rings. The molecule has 0 spiro atoms. The van der Waals surface area contributed by atoms with Gasteiger partial charge in [0.15, 0.2) is 5.78 Å². The fraction of sp³-hybridized carbons (Fsp3) is 0.217. The summed E-state index contributed by atoms with van der Waals surface area (Å²) >= 11 is 0. The minimum Gasteiger partial charge on any atom is -0.508 e. The Morgan fingerprint density at radius 3 is 2.59 bits per heavy atom. The fourth-order valence-electron chi connectivity index (χ4n) is 4.53. The molecule has 29 heavy (non-hydrogen) atoms. The first-order valence-corrected chi connectivity index (χ1v) is 9.59. The highest BCUT2D eigenvalue weighted by Crippen LogP contribution is 2.49. The number of anilines is 1. The number of rotatable bonds is 2. The van der Waals surface area contributed by atoms with Gasteiger partial charge in [-0.15, -0.1) is 0 Å². The van der Waals surface area contributed by atoms with Crippen molar-refractivity contribution in [2.75, 3.05) is 5.32 Å². The number of phenolic OH excluding ortho intramolecular Hbond substituents is 2. The second-order valence-corrected chi connectivity index (χ2v) is 7.64. The number of allylic oxidation sites excluding steroid dienone is 2. The number of Topliss-reactive ketones (excluding diaryl/α,β-unsaturated/α-hetero) is 1. The molecule has 2 aromatic carbocycles. The molecule has 6 heteroatoms. The molecule has 0 saturated heterocycles. The number of hydrogen-bond donors (Lipinski definition) is 3. The lowest BCUT2D eigenvalue weighted by Gasteiger charge is -2.34. The Morgan fingerprint density at radius 1 is 1.07 bits per heavy atom. The summed E-state index contributed by atoms with van der Waals surface area (Å²) in [4.78, 5) is 13.3. The number of carbonyl (C=O) groups excluding carboxylic acids is 1. The number of nitrogens with one attached hydrogen (secondary N) is 1. The molecular weight excluding hydrogens is 368 g/mol. The molecule has 1 aliphatic heterocycles. The van der Waals surface area contributed by atoms with E-state index in [4.69, 9.17) is 4.52 Å². The largest absolute Gasteiger partial charge is 0.508 e. The molecule has 3 aromatic rings. The molecular formula is C23H20N2O4. The summed E-state index contributed by atoms with van der Waals surface area (Å²) in [5, 5.41) is 27.3. The topological polar surface area (TPSA) is 95.6 Å². The summed E-state index contributed by atoms with van der Waals surface area (Å²) in [6, 6.07) is 14.1. The van der Waals surface area contributed by atoms with Crippen molar-refractivity contribution >= 4 is 11.7 Å². The second kappa shape index (κ2) is 6.51. The minimum absolute atomic E-state index is 0.0383. The summed E-state index contributed by atoms with van der Waals surface area (Å²) in [7, 11) is 0. The molecule has 3 N–H and O–H groups in total. The van der Waals surface area contributed by atoms with Crippen LogP contribution in [0.2, 0.25) is 0 Å². The number of para-hydroxylation sites is 1. The van der Waals surface area contributed by atoms with Gasteiger partial charge in [0.1, 0.15) is 11.5 Å². The van der Waals surface area contributed by atoms with Crippen molar-refractivity contribution in [3.8, 4) is 11.5 Å². The van der Waals surface area contributed by atoms with Crippen LogP contribution in [-0.2, 0) is 4.79 Å². The third kappa shape index (κ3) is 2.79. The molecule has 0 saturated carbocycles. The number of aromatic hydroxyl groups is 2. The molecule has 6 nitrogen and oxygen atoms in total. The Hall–Kier alpha value is -3.54. The van der Waals surface area contributed by atoms with E-state index >= 15 is 0 Å². The van der Waals surface area contributed by atoms with Crippen molar-refractivity contribution in [2.45, 2.75) is 31.6 Å². The van der Waals surface area contributed by atoms with Gasteiger partial charge in [0.25, 0.3) is 0 Å². The maximum absolute atomic E-state index is 13.3. The molecule has 1 aliphatic carbocycles. The fourth-order valence-corrected chi connectivity index (χ4v) is 4.53. The number of nitrogens with zero attached hydrogens (tertiary/aromatic N) is 1. The highest BCUT2D eigenvalue weighted by Gasteiger charge is 2.41. The van der Waals surface area contributed by atoms with Crippen molar-refractivity contribution in [1.82, 2.24) is 5.16 Å². The molecule has 0 bridgehead atoms. The standard InChI is InChI=1S/C23H20N2O4/c1-12-20-21(13-6-8-15(26)9-7-13)22-17(24-23(20)29-25-12)10-14(11-19(22)28)16-4-2-3-5-18(16)27/h2-9,14,21,24,26-27H,10-11H2,1H3/t14-,21-/m1/s1. The van der Waals surface area contributed by atoms with Gasteiger partial charge in [-0.1, -0.05) is 35.5 Å². The zero-order chi connectivity index (χ0) is 20.1. The maximum Gasteiger partial charge on any atom is 0.233 e. The molecule has 1 aromatic heterocycles. The number of aromatic nitrogens is 1. The monoisotopic (exact) mass is 388 g/mol. The number of phenols is 2. The number of carbonyl (C=O) groups is 1. The van der Waals surface area contributed by atoms with Crippen molar-refractivity contribution in [1.29, 1.82) is 0 Å². The van der Waals surface area contributed by atoms with Crippen LogP contribution >= 0.6 is 0 Å². The average molecular weight is 388 g/mol. The van der Waals surface area contributed by atoms with Crippen LogP contribution < -0.4 is 5.32 Å². The Labute approximate surface area is 167 Å². The van der Waals surface area contributed by atoms with Gasteiger partial charge < -0.3 is 20.1 Å². The van der Waals surface area contributed by atoms with Crippen LogP contribution in [0.15, 0.2) is 64.3 Å². The quantitative estimate of drug-likeness (QED) is 0.604. The van der Waals surface area contributed by atoms with Gasteiger partial charge in [-0.05, 0) is 42.7 Å². The van der Waals surface area contributed by atoms with E-state index in [9.17, 15) is 15.0 Å². The minimum atomic E-state index is -0.300. The lowest BCUT2D eigenvalue weighted by molar-refractivity contribution is -0.116. The van der Waals surface area contributed by atoms with E-state index in [0.717, 1.165) is 28.1 Å². The van der Waals surface area contributed by atoms with Crippen molar-refractivity contribution in [3.63, 3.8) is 0 Å². The second-order valence-electron chi connectivity index (χ2n) is 7.64. The normalized spacial score (nSPS) is 20.8. The third-order valence-electron chi connectivity index (χ3n) is 5.86. The van der Waals surface area contributed by atoms with Gasteiger partial charge in [0.05, 0.1) is 11.3 Å². The summed E-state index contributed by atoms with van der Waals surface area (Å²) in [5.41, 5.74) is 4.77. The molecule has 146 valence electrons. The van der Waals surface area contributed by atoms with Crippen LogP contribution in [0.5, 0.6) is 11.5 Å². The molecule has 0 radical (unpaired) electrons. The summed E-state index contributed by atoms with van der Waals surface area (Å²) < 4.78 is 5.51. The number of hydrogen-bond acceptors (Lipinski definition) is 6. The molecule has 0 amide bonds. The van der Waals surface area contributed by atoms with E-state index in [-0.39, 0.29) is 29.1 Å². The predicted octanol–water partition coefficient (Wildman–Crippen LogP) is 4.35. The van der Waals surface area contributed by atoms with Crippen LogP contribution in [0.25, 0.3) is 0 Å². The van der Waals surface area contributed by atoms with Gasteiger partial charge in [-0.2, -0.15) is 0 Å². The van der Waals surface area contributed by atoms with Crippen LogP contribution in [0, 0.1) is 6.92 Å². The zero-order valence-electron chi connectivity index (χ0n) is 15.8. The third-order valence-corrected chi connectivity index (χ3v) is 5.86. The van der Waals surface area contributed by atoms with Gasteiger partial charge in [-0.3, -0.25) is 4.79 Å². The van der Waals surface area contributed by atoms with Crippen LogP contribution in [0.4, 0.5) is 5.88 Å². The van der Waals surface area contributed by atoms with E-state index in [2.05, 4.69) is 10.5 Å². The van der Waals surface area contributed by atoms with E-state index in [1.54, 1.807) is 24.3 Å². The first-order chi connectivity index (χ1) is 14.0. The SMILES string of the molecule is Cc1noc2c1[C@@H](c1ccc(O)cc1)C1=C(C[C@@H](c3ccccc3O)CC1=O)N2. The van der Waals surface area contributed by atoms with Gasteiger partial charge in [0, 0.05) is 29.5 Å². The Morgan fingerprint density at radius 2 is 1.83 bits per heavy atom. The number of benzene rings is 2. The number of aryl methyl sites for hydroxylation is 1. The summed E-state index contributed by atoms with van der Waals surface area (Å²) in [6.45, 7) is 1.86. The lowest BCUT2D eigenvalue weighted by Crippen LogP contribution is -2.29. The number of fused-ring (bicyclic) bond motifs is 1. The van der Waals surface area contributed by atoms with Crippen molar-refractivity contribution < 1.29 is 19.5 Å². The van der Waals surface area contributed by atoms with Gasteiger partial charge in [-0.25, -0.2) is 0 Å². The lowest BCUT2D eigenvalue weighted by atomic mass is 9.72. The molecule has 2 heterocycles. The maximum atomic E-state index is 13.3. The van der Waals surface area contributed by atoms with Gasteiger partial charge in [0.2, 0.25) is 5.88 Å². The average Bonchev–Trinajstić information content (AvgIpc) is 3.08. The first-order valence-electron chi connectivity index (χ1n) is 9.59. The van der Waals surface area contributed by atoms with Gasteiger partial charge >= 0.3 is 0 Å². The summed E-state index contributed by atoms with van der Waals surface area (Å²) in [6.07, 6.45) is 0.915. The smallest absolute Gasteiger partial charge is 0.233 e. The Bertz CT molecular complexity index is 1140. The Balaban J connectivity index is 1.63. The number of ketones is 1. The molecule has 2 atom stereocenters. The van der Waals surface area contributed by atoms with Crippen LogP contribution in [0.3, 0.4) is 0 Å². The highest BCUT2D eigenvalue weighted by molar-refractivity contribution is 6.01.